The SMILES string of the molecule is C#CCOc1cccc(NC(=O)c2ccc(F)c(NC(C)=O)c2)c1. The fourth-order valence-electron chi connectivity index (χ4n) is 1.94. The highest BCUT2D eigenvalue weighted by atomic mass is 19.1. The zero-order chi connectivity index (χ0) is 17.5. The van der Waals surface area contributed by atoms with Crippen molar-refractivity contribution in [1.29, 1.82) is 0 Å². The summed E-state index contributed by atoms with van der Waals surface area (Å²) in [4.78, 5) is 23.3. The van der Waals surface area contributed by atoms with Crippen LogP contribution in [0.15, 0.2) is 42.5 Å². The van der Waals surface area contributed by atoms with Gasteiger partial charge in [0.25, 0.3) is 5.91 Å². The number of hydrogen-bond donors (Lipinski definition) is 2. The summed E-state index contributed by atoms with van der Waals surface area (Å²) in [5.74, 6) is 1.37. The molecular formula is C18H15FN2O3. The first kappa shape index (κ1) is 17.0. The normalized spacial score (nSPS) is 9.71. The predicted octanol–water partition coefficient (Wildman–Crippen LogP) is 3.05. The van der Waals surface area contributed by atoms with Crippen molar-refractivity contribution in [3.63, 3.8) is 0 Å². The summed E-state index contributed by atoms with van der Waals surface area (Å²) in [7, 11) is 0. The minimum absolute atomic E-state index is 0.0544. The van der Waals surface area contributed by atoms with E-state index in [0.29, 0.717) is 11.4 Å². The topological polar surface area (TPSA) is 67.4 Å². The van der Waals surface area contributed by atoms with Crippen molar-refractivity contribution in [3.05, 3.63) is 53.8 Å². The van der Waals surface area contributed by atoms with Gasteiger partial charge < -0.3 is 15.4 Å². The number of carbonyl (C=O) groups is 2. The Balaban J connectivity index is 2.15. The molecule has 0 spiro atoms. The molecule has 2 aromatic rings. The molecule has 24 heavy (non-hydrogen) atoms. The van der Waals surface area contributed by atoms with Crippen molar-refractivity contribution in [3.8, 4) is 18.1 Å². The molecule has 2 N–H and O–H groups in total. The highest BCUT2D eigenvalue weighted by Crippen LogP contribution is 2.20. The highest BCUT2D eigenvalue weighted by molar-refractivity contribution is 6.05. The molecule has 0 aliphatic rings. The highest BCUT2D eigenvalue weighted by Gasteiger charge is 2.11. The van der Waals surface area contributed by atoms with E-state index in [2.05, 4.69) is 16.6 Å². The second-order valence-corrected chi connectivity index (χ2v) is 4.85. The standard InChI is InChI=1S/C18H15FN2O3/c1-3-9-24-15-6-4-5-14(11-15)21-18(23)13-7-8-16(19)17(10-13)20-12(2)22/h1,4-8,10-11H,9H2,2H3,(H,20,22)(H,21,23). The van der Waals surface area contributed by atoms with E-state index in [1.54, 1.807) is 24.3 Å². The van der Waals surface area contributed by atoms with Gasteiger partial charge in [-0.15, -0.1) is 6.42 Å². The molecule has 0 heterocycles. The maximum absolute atomic E-state index is 13.6. The van der Waals surface area contributed by atoms with Gasteiger partial charge in [0.05, 0.1) is 5.69 Å². The molecule has 0 bridgehead atoms. The van der Waals surface area contributed by atoms with Crippen molar-refractivity contribution < 1.29 is 18.7 Å². The number of benzene rings is 2. The smallest absolute Gasteiger partial charge is 0.255 e. The van der Waals surface area contributed by atoms with Crippen molar-refractivity contribution in [2.45, 2.75) is 6.92 Å². The molecule has 122 valence electrons. The quantitative estimate of drug-likeness (QED) is 0.830. The van der Waals surface area contributed by atoms with E-state index in [1.165, 1.54) is 19.1 Å². The molecule has 2 rings (SSSR count). The van der Waals surface area contributed by atoms with Gasteiger partial charge in [-0.3, -0.25) is 9.59 Å². The lowest BCUT2D eigenvalue weighted by Gasteiger charge is -2.09. The lowest BCUT2D eigenvalue weighted by atomic mass is 10.1. The van der Waals surface area contributed by atoms with Crippen LogP contribution in [0.5, 0.6) is 5.75 Å². The molecule has 0 aliphatic heterocycles. The van der Waals surface area contributed by atoms with Gasteiger partial charge in [0.2, 0.25) is 5.91 Å². The molecule has 0 fully saturated rings. The molecule has 5 nitrogen and oxygen atoms in total. The Morgan fingerprint density at radius 3 is 2.71 bits per heavy atom. The Morgan fingerprint density at radius 2 is 2.00 bits per heavy atom. The van der Waals surface area contributed by atoms with E-state index in [0.717, 1.165) is 6.07 Å². The van der Waals surface area contributed by atoms with Gasteiger partial charge >= 0.3 is 0 Å². The number of amides is 2. The van der Waals surface area contributed by atoms with Crippen LogP contribution in [0.1, 0.15) is 17.3 Å². The van der Waals surface area contributed by atoms with Gasteiger partial charge in [0.1, 0.15) is 18.2 Å². The number of carbonyl (C=O) groups excluding carboxylic acids is 2. The van der Waals surface area contributed by atoms with Crippen LogP contribution < -0.4 is 15.4 Å². The third-order valence-electron chi connectivity index (χ3n) is 2.95. The van der Waals surface area contributed by atoms with Gasteiger partial charge in [-0.2, -0.15) is 0 Å². The number of ether oxygens (including phenoxy) is 1. The molecule has 2 amide bonds. The third kappa shape index (κ3) is 4.58. The van der Waals surface area contributed by atoms with Gasteiger partial charge in [0.15, 0.2) is 0 Å². The maximum Gasteiger partial charge on any atom is 0.255 e. The van der Waals surface area contributed by atoms with Crippen LogP contribution in [-0.2, 0) is 4.79 Å². The van der Waals surface area contributed by atoms with E-state index in [4.69, 9.17) is 11.2 Å². The van der Waals surface area contributed by atoms with Crippen LogP contribution in [-0.4, -0.2) is 18.4 Å². The minimum atomic E-state index is -0.619. The Hall–Kier alpha value is -3.33. The average molecular weight is 326 g/mol. The second kappa shape index (κ2) is 7.79. The fourth-order valence-corrected chi connectivity index (χ4v) is 1.94. The summed E-state index contributed by atoms with van der Waals surface area (Å²) in [6.07, 6.45) is 5.13. The van der Waals surface area contributed by atoms with E-state index in [1.807, 2.05) is 0 Å². The number of anilines is 2. The van der Waals surface area contributed by atoms with Crippen LogP contribution in [0.3, 0.4) is 0 Å². The first-order valence-corrected chi connectivity index (χ1v) is 7.04. The Labute approximate surface area is 138 Å². The number of rotatable bonds is 5. The summed E-state index contributed by atoms with van der Waals surface area (Å²) in [5, 5.41) is 5.00. The molecule has 6 heteroatoms. The average Bonchev–Trinajstić information content (AvgIpc) is 2.55. The maximum atomic E-state index is 13.6. The van der Waals surface area contributed by atoms with Crippen LogP contribution in [0.4, 0.5) is 15.8 Å². The molecule has 0 aliphatic carbocycles. The van der Waals surface area contributed by atoms with E-state index < -0.39 is 17.6 Å². The summed E-state index contributed by atoms with van der Waals surface area (Å²) >= 11 is 0. The van der Waals surface area contributed by atoms with Crippen molar-refractivity contribution >= 4 is 23.2 Å². The molecule has 0 saturated carbocycles. The van der Waals surface area contributed by atoms with Crippen LogP contribution in [0, 0.1) is 18.2 Å². The Morgan fingerprint density at radius 1 is 1.21 bits per heavy atom. The summed E-state index contributed by atoms with van der Waals surface area (Å²) in [6, 6.07) is 10.4. The Bertz CT molecular complexity index is 812. The molecule has 0 saturated heterocycles. The van der Waals surface area contributed by atoms with Crippen molar-refractivity contribution in [1.82, 2.24) is 0 Å². The van der Waals surface area contributed by atoms with Gasteiger partial charge in [0, 0.05) is 24.2 Å². The summed E-state index contributed by atoms with van der Waals surface area (Å²) in [6.45, 7) is 1.38. The molecule has 0 aromatic heterocycles. The monoisotopic (exact) mass is 326 g/mol. The number of terminal acetylenes is 1. The lowest BCUT2D eigenvalue weighted by molar-refractivity contribution is -0.114. The third-order valence-corrected chi connectivity index (χ3v) is 2.95. The van der Waals surface area contributed by atoms with E-state index in [9.17, 15) is 14.0 Å². The second-order valence-electron chi connectivity index (χ2n) is 4.85. The van der Waals surface area contributed by atoms with Gasteiger partial charge in [-0.25, -0.2) is 4.39 Å². The first-order valence-electron chi connectivity index (χ1n) is 7.04. The molecule has 0 atom stereocenters. The molecule has 2 aromatic carbocycles. The zero-order valence-corrected chi connectivity index (χ0v) is 12.9. The largest absolute Gasteiger partial charge is 0.481 e. The summed E-state index contributed by atoms with van der Waals surface area (Å²) < 4.78 is 18.9. The zero-order valence-electron chi connectivity index (χ0n) is 12.9. The molecule has 0 unspecified atom stereocenters. The van der Waals surface area contributed by atoms with Crippen LogP contribution in [0.25, 0.3) is 0 Å². The summed E-state index contributed by atoms with van der Waals surface area (Å²) in [5.41, 5.74) is 0.649. The van der Waals surface area contributed by atoms with Gasteiger partial charge in [-0.1, -0.05) is 12.0 Å². The van der Waals surface area contributed by atoms with E-state index in [-0.39, 0.29) is 17.9 Å². The molecular weight excluding hydrogens is 311 g/mol. The number of halogens is 1. The fraction of sp³-hybridized carbons (Fsp3) is 0.111. The number of hydrogen-bond acceptors (Lipinski definition) is 3. The van der Waals surface area contributed by atoms with Crippen LogP contribution >= 0.6 is 0 Å². The number of nitrogens with one attached hydrogen (secondary N) is 2. The molecule has 0 radical (unpaired) electrons. The van der Waals surface area contributed by atoms with Gasteiger partial charge in [-0.05, 0) is 30.3 Å². The van der Waals surface area contributed by atoms with Crippen molar-refractivity contribution in [2.75, 3.05) is 17.2 Å². The Kier molecular flexibility index (Phi) is 5.53. The van der Waals surface area contributed by atoms with Crippen molar-refractivity contribution in [2.24, 2.45) is 0 Å². The minimum Gasteiger partial charge on any atom is -0.481 e. The lowest BCUT2D eigenvalue weighted by Crippen LogP contribution is -2.14. The predicted molar refractivity (Wildman–Crippen MR) is 89.4 cm³/mol. The van der Waals surface area contributed by atoms with Crippen LogP contribution in [0.2, 0.25) is 0 Å². The van der Waals surface area contributed by atoms with E-state index >= 15 is 0 Å². The first-order chi connectivity index (χ1) is 11.5.